The number of amides is 1. The van der Waals surface area contributed by atoms with E-state index in [9.17, 15) is 9.18 Å². The third-order valence-corrected chi connectivity index (χ3v) is 2.95. The van der Waals surface area contributed by atoms with Crippen LogP contribution in [-0.2, 0) is 4.79 Å². The topological polar surface area (TPSA) is 38.3 Å². The fourth-order valence-electron chi connectivity index (χ4n) is 1.47. The molecule has 0 fully saturated rings. The molecule has 98 valence electrons. The second kappa shape index (κ2) is 6.51. The molecule has 0 bridgehead atoms. The minimum Gasteiger partial charge on any atom is -0.484 e. The molecule has 0 aliphatic heterocycles. The predicted molar refractivity (Wildman–Crippen MR) is 79.7 cm³/mol. The van der Waals surface area contributed by atoms with Crippen LogP contribution in [0.1, 0.15) is 0 Å². The Labute approximate surface area is 123 Å². The highest BCUT2D eigenvalue weighted by Crippen LogP contribution is 2.13. The second-order valence-corrected chi connectivity index (χ2v) is 5.05. The van der Waals surface area contributed by atoms with Crippen LogP contribution in [0.2, 0.25) is 0 Å². The van der Waals surface area contributed by atoms with Crippen LogP contribution in [-0.4, -0.2) is 12.5 Å². The molecule has 0 aliphatic carbocycles. The zero-order valence-corrected chi connectivity index (χ0v) is 12.1. The van der Waals surface area contributed by atoms with Gasteiger partial charge >= 0.3 is 0 Å². The molecule has 0 heterocycles. The molecule has 0 saturated carbocycles. The van der Waals surface area contributed by atoms with E-state index in [1.54, 1.807) is 12.1 Å². The lowest BCUT2D eigenvalue weighted by Crippen LogP contribution is -2.20. The average Bonchev–Trinajstić information content (AvgIpc) is 2.36. The largest absolute Gasteiger partial charge is 0.484 e. The van der Waals surface area contributed by atoms with Gasteiger partial charge in [-0.3, -0.25) is 4.79 Å². The summed E-state index contributed by atoms with van der Waals surface area (Å²) >= 11 is 2.16. The molecular formula is C14H11FINO2. The summed E-state index contributed by atoms with van der Waals surface area (Å²) in [4.78, 5) is 11.6. The molecule has 5 heteroatoms. The summed E-state index contributed by atoms with van der Waals surface area (Å²) in [6, 6.07) is 13.1. The minimum absolute atomic E-state index is 0.158. The van der Waals surface area contributed by atoms with Crippen molar-refractivity contribution in [3.8, 4) is 5.75 Å². The van der Waals surface area contributed by atoms with Crippen LogP contribution in [0, 0.1) is 9.39 Å². The zero-order valence-electron chi connectivity index (χ0n) is 9.90. The van der Waals surface area contributed by atoms with Crippen molar-refractivity contribution >= 4 is 34.2 Å². The molecule has 0 radical (unpaired) electrons. The molecule has 2 aromatic carbocycles. The van der Waals surface area contributed by atoms with Crippen molar-refractivity contribution in [1.82, 2.24) is 0 Å². The van der Waals surface area contributed by atoms with Crippen molar-refractivity contribution in [3.05, 3.63) is 57.9 Å². The van der Waals surface area contributed by atoms with Gasteiger partial charge in [0.1, 0.15) is 11.6 Å². The summed E-state index contributed by atoms with van der Waals surface area (Å²) in [6.45, 7) is -0.158. The van der Waals surface area contributed by atoms with E-state index < -0.39 is 5.82 Å². The Hall–Kier alpha value is -1.63. The Morgan fingerprint density at radius 2 is 2.00 bits per heavy atom. The summed E-state index contributed by atoms with van der Waals surface area (Å²) < 4.78 is 19.1. The first-order valence-corrected chi connectivity index (χ1v) is 6.65. The van der Waals surface area contributed by atoms with Crippen LogP contribution in [0.25, 0.3) is 0 Å². The van der Waals surface area contributed by atoms with Crippen molar-refractivity contribution in [1.29, 1.82) is 0 Å². The first-order valence-electron chi connectivity index (χ1n) is 5.57. The third-order valence-electron chi connectivity index (χ3n) is 2.27. The Kier molecular flexibility index (Phi) is 4.73. The maximum atomic E-state index is 12.9. The van der Waals surface area contributed by atoms with E-state index in [4.69, 9.17) is 4.74 Å². The van der Waals surface area contributed by atoms with Gasteiger partial charge in [0, 0.05) is 15.3 Å². The molecule has 1 amide bonds. The molecule has 0 aliphatic rings. The lowest BCUT2D eigenvalue weighted by atomic mass is 10.3. The van der Waals surface area contributed by atoms with E-state index in [1.165, 1.54) is 18.2 Å². The number of halogens is 2. The van der Waals surface area contributed by atoms with Gasteiger partial charge in [0.15, 0.2) is 6.61 Å². The van der Waals surface area contributed by atoms with Gasteiger partial charge in [0.2, 0.25) is 0 Å². The first kappa shape index (κ1) is 13.8. The van der Waals surface area contributed by atoms with Crippen molar-refractivity contribution in [3.63, 3.8) is 0 Å². The van der Waals surface area contributed by atoms with Crippen molar-refractivity contribution < 1.29 is 13.9 Å². The monoisotopic (exact) mass is 371 g/mol. The summed E-state index contributed by atoms with van der Waals surface area (Å²) in [5, 5.41) is 2.71. The second-order valence-electron chi connectivity index (χ2n) is 3.80. The van der Waals surface area contributed by atoms with Crippen molar-refractivity contribution in [2.24, 2.45) is 0 Å². The van der Waals surface area contributed by atoms with Crippen LogP contribution < -0.4 is 10.1 Å². The number of hydrogen-bond acceptors (Lipinski definition) is 2. The quantitative estimate of drug-likeness (QED) is 0.837. The van der Waals surface area contributed by atoms with E-state index in [-0.39, 0.29) is 12.5 Å². The van der Waals surface area contributed by atoms with Gasteiger partial charge in [0.05, 0.1) is 0 Å². The molecule has 3 nitrogen and oxygen atoms in total. The highest BCUT2D eigenvalue weighted by molar-refractivity contribution is 14.1. The highest BCUT2D eigenvalue weighted by atomic mass is 127. The Balaban J connectivity index is 1.88. The van der Waals surface area contributed by atoms with E-state index in [2.05, 4.69) is 27.9 Å². The van der Waals surface area contributed by atoms with Crippen LogP contribution in [0.5, 0.6) is 5.75 Å². The van der Waals surface area contributed by atoms with Gasteiger partial charge in [-0.1, -0.05) is 12.1 Å². The van der Waals surface area contributed by atoms with Crippen LogP contribution in [0.15, 0.2) is 48.5 Å². The van der Waals surface area contributed by atoms with Crippen LogP contribution in [0.3, 0.4) is 0 Å². The van der Waals surface area contributed by atoms with Gasteiger partial charge in [-0.15, -0.1) is 0 Å². The van der Waals surface area contributed by atoms with E-state index in [0.29, 0.717) is 11.4 Å². The molecule has 2 rings (SSSR count). The summed E-state index contributed by atoms with van der Waals surface area (Å²) in [5.41, 5.74) is 0.708. The predicted octanol–water partition coefficient (Wildman–Crippen LogP) is 3.45. The number of ether oxygens (including phenoxy) is 1. The lowest BCUT2D eigenvalue weighted by Gasteiger charge is -2.07. The van der Waals surface area contributed by atoms with Crippen LogP contribution >= 0.6 is 22.6 Å². The van der Waals surface area contributed by atoms with Gasteiger partial charge in [-0.25, -0.2) is 4.39 Å². The maximum absolute atomic E-state index is 12.9. The normalized spacial score (nSPS) is 10.0. The Morgan fingerprint density at radius 3 is 2.74 bits per heavy atom. The van der Waals surface area contributed by atoms with E-state index in [1.807, 2.05) is 18.2 Å². The lowest BCUT2D eigenvalue weighted by molar-refractivity contribution is -0.118. The molecule has 1 N–H and O–H groups in total. The van der Waals surface area contributed by atoms with E-state index >= 15 is 0 Å². The first-order chi connectivity index (χ1) is 9.13. The number of carbonyl (C=O) groups excluding carboxylic acids is 1. The summed E-state index contributed by atoms with van der Waals surface area (Å²) in [6.07, 6.45) is 0. The smallest absolute Gasteiger partial charge is 0.262 e. The summed E-state index contributed by atoms with van der Waals surface area (Å²) in [5.74, 6) is -0.348. The fraction of sp³-hybridized carbons (Fsp3) is 0.0714. The zero-order chi connectivity index (χ0) is 13.7. The van der Waals surface area contributed by atoms with Gasteiger partial charge in [0.25, 0.3) is 5.91 Å². The van der Waals surface area contributed by atoms with Gasteiger partial charge in [-0.05, 0) is 52.9 Å². The molecule has 19 heavy (non-hydrogen) atoms. The number of anilines is 1. The standard InChI is InChI=1S/C14H11FINO2/c15-10-3-1-6-13(7-10)19-9-14(18)17-12-5-2-4-11(16)8-12/h1-8H,9H2,(H,17,18). The molecule has 0 unspecified atom stereocenters. The molecular weight excluding hydrogens is 360 g/mol. The number of carbonyl (C=O) groups is 1. The SMILES string of the molecule is O=C(COc1cccc(F)c1)Nc1cccc(I)c1. The Morgan fingerprint density at radius 1 is 1.21 bits per heavy atom. The van der Waals surface area contributed by atoms with Crippen molar-refractivity contribution in [2.75, 3.05) is 11.9 Å². The third kappa shape index (κ3) is 4.51. The number of benzene rings is 2. The van der Waals surface area contributed by atoms with E-state index in [0.717, 1.165) is 3.57 Å². The summed E-state index contributed by atoms with van der Waals surface area (Å²) in [7, 11) is 0. The minimum atomic E-state index is -0.393. The molecule has 2 aromatic rings. The van der Waals surface area contributed by atoms with Crippen molar-refractivity contribution in [2.45, 2.75) is 0 Å². The Bertz CT molecular complexity index is 589. The fourth-order valence-corrected chi connectivity index (χ4v) is 2.01. The highest BCUT2D eigenvalue weighted by Gasteiger charge is 2.04. The maximum Gasteiger partial charge on any atom is 0.262 e. The van der Waals surface area contributed by atoms with Crippen LogP contribution in [0.4, 0.5) is 10.1 Å². The molecule has 0 aromatic heterocycles. The molecule has 0 atom stereocenters. The number of hydrogen-bond donors (Lipinski definition) is 1. The average molecular weight is 371 g/mol. The number of nitrogens with one attached hydrogen (secondary N) is 1. The molecule has 0 saturated heterocycles. The van der Waals surface area contributed by atoms with Gasteiger partial charge < -0.3 is 10.1 Å². The number of rotatable bonds is 4. The van der Waals surface area contributed by atoms with Gasteiger partial charge in [-0.2, -0.15) is 0 Å². The molecule has 0 spiro atoms.